The molecule has 0 saturated carbocycles. The Morgan fingerprint density at radius 3 is 1.42 bits per heavy atom. The van der Waals surface area contributed by atoms with Crippen LogP contribution in [0.4, 0.5) is 0 Å². The molecule has 0 aromatic rings. The SMILES string of the molecule is CCCCCCCCCC(=O)N(C(=O)CCCCCCCCC)[C@@H](CCCN)C(=O)O. The lowest BCUT2D eigenvalue weighted by Crippen LogP contribution is -2.48. The maximum atomic E-state index is 12.8. The van der Waals surface area contributed by atoms with Crippen LogP contribution in [0.25, 0.3) is 0 Å². The predicted molar refractivity (Wildman–Crippen MR) is 127 cm³/mol. The Morgan fingerprint density at radius 1 is 0.677 bits per heavy atom. The van der Waals surface area contributed by atoms with Crippen LogP contribution >= 0.6 is 0 Å². The molecule has 31 heavy (non-hydrogen) atoms. The number of imide groups is 1. The summed E-state index contributed by atoms with van der Waals surface area (Å²) in [6, 6.07) is -1.10. The smallest absolute Gasteiger partial charge is 0.326 e. The highest BCUT2D eigenvalue weighted by atomic mass is 16.4. The zero-order valence-corrected chi connectivity index (χ0v) is 20.2. The molecular weight excluding hydrogens is 392 g/mol. The van der Waals surface area contributed by atoms with Gasteiger partial charge < -0.3 is 10.8 Å². The summed E-state index contributed by atoms with van der Waals surface area (Å²) in [5, 5.41) is 9.67. The van der Waals surface area contributed by atoms with Gasteiger partial charge in [0.05, 0.1) is 0 Å². The largest absolute Gasteiger partial charge is 0.480 e. The van der Waals surface area contributed by atoms with Gasteiger partial charge in [0.25, 0.3) is 0 Å². The molecule has 2 amide bonds. The van der Waals surface area contributed by atoms with E-state index in [1.54, 1.807) is 0 Å². The molecule has 0 aromatic heterocycles. The van der Waals surface area contributed by atoms with Crippen molar-refractivity contribution >= 4 is 17.8 Å². The summed E-state index contributed by atoms with van der Waals surface area (Å²) in [5.41, 5.74) is 5.54. The third kappa shape index (κ3) is 15.1. The Kier molecular flexibility index (Phi) is 19.5. The van der Waals surface area contributed by atoms with Crippen molar-refractivity contribution in [2.24, 2.45) is 5.73 Å². The molecule has 0 aliphatic rings. The van der Waals surface area contributed by atoms with E-state index >= 15 is 0 Å². The van der Waals surface area contributed by atoms with Gasteiger partial charge in [-0.2, -0.15) is 0 Å². The Bertz CT molecular complexity index is 452. The minimum Gasteiger partial charge on any atom is -0.480 e. The van der Waals surface area contributed by atoms with Crippen LogP contribution in [0.1, 0.15) is 129 Å². The average molecular weight is 441 g/mol. The maximum Gasteiger partial charge on any atom is 0.326 e. The molecule has 0 fully saturated rings. The number of nitrogens with zero attached hydrogens (tertiary/aromatic N) is 1. The fraction of sp³-hybridized carbons (Fsp3) is 0.880. The zero-order chi connectivity index (χ0) is 23.3. The number of aliphatic carboxylic acids is 1. The van der Waals surface area contributed by atoms with Crippen LogP contribution in [0, 0.1) is 0 Å². The van der Waals surface area contributed by atoms with Crippen molar-refractivity contribution in [3.05, 3.63) is 0 Å². The van der Waals surface area contributed by atoms with Crippen molar-refractivity contribution in [1.82, 2.24) is 4.90 Å². The number of nitrogens with two attached hydrogens (primary N) is 1. The fourth-order valence-corrected chi connectivity index (χ4v) is 3.87. The second-order valence-corrected chi connectivity index (χ2v) is 8.69. The Morgan fingerprint density at radius 2 is 1.06 bits per heavy atom. The lowest BCUT2D eigenvalue weighted by atomic mass is 10.0. The highest BCUT2D eigenvalue weighted by Gasteiger charge is 2.33. The minimum absolute atomic E-state index is 0.220. The van der Waals surface area contributed by atoms with Gasteiger partial charge >= 0.3 is 5.97 Å². The number of carbonyl (C=O) groups excluding carboxylic acids is 2. The first-order valence-electron chi connectivity index (χ1n) is 12.8. The van der Waals surface area contributed by atoms with Gasteiger partial charge in [0.2, 0.25) is 11.8 Å². The molecular formula is C25H48N2O4. The molecule has 0 radical (unpaired) electrons. The molecule has 0 aliphatic heterocycles. The number of carboxylic acids is 1. The van der Waals surface area contributed by atoms with Gasteiger partial charge in [0, 0.05) is 12.8 Å². The zero-order valence-electron chi connectivity index (χ0n) is 20.2. The second kappa shape index (κ2) is 20.5. The molecule has 0 rings (SSSR count). The molecule has 6 heteroatoms. The first kappa shape index (κ1) is 29.6. The lowest BCUT2D eigenvalue weighted by molar-refractivity contribution is -0.158. The van der Waals surface area contributed by atoms with Crippen LogP contribution in [0.2, 0.25) is 0 Å². The van der Waals surface area contributed by atoms with E-state index in [-0.39, 0.29) is 31.1 Å². The van der Waals surface area contributed by atoms with E-state index in [2.05, 4.69) is 13.8 Å². The number of unbranched alkanes of at least 4 members (excludes halogenated alkanes) is 12. The normalized spacial score (nSPS) is 12.0. The second-order valence-electron chi connectivity index (χ2n) is 8.69. The topological polar surface area (TPSA) is 101 Å². The quantitative estimate of drug-likeness (QED) is 0.219. The molecule has 0 aliphatic carbocycles. The number of amides is 2. The molecule has 0 aromatic carbocycles. The fourth-order valence-electron chi connectivity index (χ4n) is 3.87. The maximum absolute atomic E-state index is 12.8. The highest BCUT2D eigenvalue weighted by Crippen LogP contribution is 2.17. The summed E-state index contributed by atoms with van der Waals surface area (Å²) in [6.45, 7) is 4.70. The minimum atomic E-state index is -1.12. The van der Waals surface area contributed by atoms with Crippen LogP contribution < -0.4 is 5.73 Å². The number of rotatable bonds is 21. The van der Waals surface area contributed by atoms with Crippen molar-refractivity contribution in [1.29, 1.82) is 0 Å². The number of hydrogen-bond acceptors (Lipinski definition) is 4. The van der Waals surface area contributed by atoms with Gasteiger partial charge in [-0.3, -0.25) is 14.5 Å². The van der Waals surface area contributed by atoms with Gasteiger partial charge in [-0.15, -0.1) is 0 Å². The summed E-state index contributed by atoms with van der Waals surface area (Å²) in [4.78, 5) is 38.6. The molecule has 3 N–H and O–H groups in total. The van der Waals surface area contributed by atoms with E-state index < -0.39 is 12.0 Å². The van der Waals surface area contributed by atoms with E-state index in [9.17, 15) is 19.5 Å². The number of carboxylic acid groups (broad SMARTS) is 1. The standard InChI is InChI=1S/C25H48N2O4/c1-3-5-7-9-11-13-15-19-23(28)27(22(25(30)31)18-17-21-26)24(29)20-16-14-12-10-8-6-4-2/h22H,3-21,26H2,1-2H3,(H,30,31)/t22-/m0/s1. The molecule has 0 heterocycles. The van der Waals surface area contributed by atoms with E-state index in [4.69, 9.17) is 5.73 Å². The van der Waals surface area contributed by atoms with Gasteiger partial charge in [-0.1, -0.05) is 90.9 Å². The summed E-state index contributed by atoms with van der Waals surface area (Å²) in [7, 11) is 0. The monoisotopic (exact) mass is 440 g/mol. The summed E-state index contributed by atoms with van der Waals surface area (Å²) >= 11 is 0. The molecule has 0 unspecified atom stereocenters. The molecule has 182 valence electrons. The van der Waals surface area contributed by atoms with Crippen LogP contribution in [-0.2, 0) is 14.4 Å². The first-order chi connectivity index (χ1) is 15.0. The van der Waals surface area contributed by atoms with Crippen molar-refractivity contribution < 1.29 is 19.5 Å². The van der Waals surface area contributed by atoms with E-state index in [0.29, 0.717) is 25.8 Å². The number of hydrogen-bond donors (Lipinski definition) is 2. The van der Waals surface area contributed by atoms with Crippen molar-refractivity contribution in [2.45, 2.75) is 135 Å². The van der Waals surface area contributed by atoms with E-state index in [0.717, 1.165) is 43.4 Å². The molecule has 0 bridgehead atoms. The van der Waals surface area contributed by atoms with Crippen molar-refractivity contribution in [3.63, 3.8) is 0 Å². The van der Waals surface area contributed by atoms with Crippen LogP contribution in [-0.4, -0.2) is 40.4 Å². The Labute approximate surface area is 190 Å². The molecule has 0 spiro atoms. The highest BCUT2D eigenvalue weighted by molar-refractivity contribution is 5.99. The molecule has 1 atom stereocenters. The van der Waals surface area contributed by atoms with Gasteiger partial charge in [0.1, 0.15) is 6.04 Å². The molecule has 0 saturated heterocycles. The van der Waals surface area contributed by atoms with Gasteiger partial charge in [-0.25, -0.2) is 4.79 Å². The van der Waals surface area contributed by atoms with Crippen LogP contribution in [0.5, 0.6) is 0 Å². The third-order valence-electron chi connectivity index (χ3n) is 5.80. The van der Waals surface area contributed by atoms with Gasteiger partial charge in [0.15, 0.2) is 0 Å². The van der Waals surface area contributed by atoms with E-state index in [1.807, 2.05) is 0 Å². The predicted octanol–water partition coefficient (Wildman–Crippen LogP) is 5.82. The summed E-state index contributed by atoms with van der Waals surface area (Å²) < 4.78 is 0. The lowest BCUT2D eigenvalue weighted by Gasteiger charge is -2.27. The van der Waals surface area contributed by atoms with Crippen LogP contribution in [0.3, 0.4) is 0 Å². The van der Waals surface area contributed by atoms with E-state index in [1.165, 1.54) is 38.5 Å². The van der Waals surface area contributed by atoms with Crippen molar-refractivity contribution in [2.75, 3.05) is 6.54 Å². The Hall–Kier alpha value is -1.43. The summed E-state index contributed by atoms with van der Waals surface area (Å²) in [6.07, 6.45) is 16.3. The average Bonchev–Trinajstić information content (AvgIpc) is 2.74. The van der Waals surface area contributed by atoms with Crippen molar-refractivity contribution in [3.8, 4) is 0 Å². The first-order valence-corrected chi connectivity index (χ1v) is 12.8. The number of carbonyl (C=O) groups is 3. The summed E-state index contributed by atoms with van der Waals surface area (Å²) in [5.74, 6) is -1.80. The van der Waals surface area contributed by atoms with Gasteiger partial charge in [-0.05, 0) is 32.2 Å². The Balaban J connectivity index is 4.70. The third-order valence-corrected chi connectivity index (χ3v) is 5.80. The van der Waals surface area contributed by atoms with Crippen LogP contribution in [0.15, 0.2) is 0 Å². The molecule has 6 nitrogen and oxygen atoms in total.